The van der Waals surface area contributed by atoms with Crippen LogP contribution in [0, 0.1) is 10.1 Å². The molecule has 0 aliphatic heterocycles. The fraction of sp³-hybridized carbons (Fsp3) is 0. The van der Waals surface area contributed by atoms with Gasteiger partial charge in [0, 0.05) is 12.3 Å². The summed E-state index contributed by atoms with van der Waals surface area (Å²) in [6, 6.07) is 4.16. The molecule has 0 aliphatic rings. The molecule has 2 rings (SSSR count). The van der Waals surface area contributed by atoms with Crippen molar-refractivity contribution < 1.29 is 9.66 Å². The van der Waals surface area contributed by atoms with E-state index in [1.54, 1.807) is 0 Å². The zero-order valence-corrected chi connectivity index (χ0v) is 12.9. The zero-order valence-electron chi connectivity index (χ0n) is 9.01. The molecule has 1 aromatic carbocycles. The summed E-state index contributed by atoms with van der Waals surface area (Å²) in [5.41, 5.74) is -0.0884. The second-order valence-corrected chi connectivity index (χ2v) is 5.31. The predicted molar refractivity (Wildman–Crippen MR) is 75.6 cm³/mol. The highest BCUT2D eigenvalue weighted by atomic mass is 79.9. The quantitative estimate of drug-likeness (QED) is 0.428. The second-order valence-electron chi connectivity index (χ2n) is 3.27. The molecule has 0 amide bonds. The lowest BCUT2D eigenvalue weighted by Crippen LogP contribution is -1.94. The van der Waals surface area contributed by atoms with E-state index in [1.165, 1.54) is 24.4 Å². The molecule has 0 saturated carbocycles. The molecule has 0 N–H and O–H groups in total. The Balaban J connectivity index is 2.40. The summed E-state index contributed by atoms with van der Waals surface area (Å²) in [6.07, 6.45) is 1.43. The molecule has 6 nitrogen and oxygen atoms in total. The Morgan fingerprint density at radius 2 is 2.05 bits per heavy atom. The predicted octanol–water partition coefficient (Wildman–Crippen LogP) is 4.36. The Labute approximate surface area is 129 Å². The molecule has 2 aromatic rings. The van der Waals surface area contributed by atoms with Crippen molar-refractivity contribution in [2.24, 2.45) is 0 Å². The Hall–Kier alpha value is -1.25. The van der Waals surface area contributed by atoms with E-state index in [2.05, 4.69) is 41.8 Å². The lowest BCUT2D eigenvalue weighted by atomic mass is 10.3. The topological polar surface area (TPSA) is 78.2 Å². The molecule has 0 radical (unpaired) electrons. The monoisotopic (exact) mass is 407 g/mol. The molecule has 0 unspecified atom stereocenters. The van der Waals surface area contributed by atoms with E-state index in [0.717, 1.165) is 0 Å². The molecule has 9 heteroatoms. The summed E-state index contributed by atoms with van der Waals surface area (Å²) in [4.78, 5) is 17.8. The van der Waals surface area contributed by atoms with Crippen LogP contribution < -0.4 is 4.74 Å². The van der Waals surface area contributed by atoms with Crippen molar-refractivity contribution in [1.82, 2.24) is 9.97 Å². The van der Waals surface area contributed by atoms with Crippen LogP contribution in [0.1, 0.15) is 0 Å². The number of benzene rings is 1. The van der Waals surface area contributed by atoms with Crippen LogP contribution in [0.3, 0.4) is 0 Å². The molecule has 0 fully saturated rings. The molecule has 0 atom stereocenters. The van der Waals surface area contributed by atoms with Gasteiger partial charge < -0.3 is 4.74 Å². The first-order chi connectivity index (χ1) is 8.97. The SMILES string of the molecule is O=[N+]([O-])c1ccc(Br)c(Oc2nc(Cl)ncc2Br)c1. The van der Waals surface area contributed by atoms with Gasteiger partial charge in [0.25, 0.3) is 5.69 Å². The number of halogens is 3. The third-order valence-corrected chi connectivity index (χ3v) is 3.40. The third-order valence-electron chi connectivity index (χ3n) is 2.01. The van der Waals surface area contributed by atoms with Gasteiger partial charge in [-0.1, -0.05) is 0 Å². The molecule has 98 valence electrons. The van der Waals surface area contributed by atoms with Gasteiger partial charge in [-0.25, -0.2) is 4.98 Å². The standard InChI is InChI=1S/C10H4Br2ClN3O3/c11-6-2-1-5(16(17)18)3-8(6)19-9-7(12)4-14-10(13)15-9/h1-4H. The molecule has 19 heavy (non-hydrogen) atoms. The van der Waals surface area contributed by atoms with E-state index in [4.69, 9.17) is 16.3 Å². The van der Waals surface area contributed by atoms with Crippen LogP contribution in [-0.2, 0) is 0 Å². The van der Waals surface area contributed by atoms with E-state index in [0.29, 0.717) is 8.95 Å². The van der Waals surface area contributed by atoms with Crippen molar-refractivity contribution >= 4 is 49.1 Å². The highest BCUT2D eigenvalue weighted by Crippen LogP contribution is 2.35. The Bertz CT molecular complexity index is 654. The number of non-ortho nitro benzene ring substituents is 1. The maximum absolute atomic E-state index is 10.7. The number of hydrogen-bond donors (Lipinski definition) is 0. The number of nitrogens with zero attached hydrogens (tertiary/aromatic N) is 3. The average molecular weight is 409 g/mol. The molecule has 0 bridgehead atoms. The Morgan fingerprint density at radius 1 is 1.32 bits per heavy atom. The molecular formula is C10H4Br2ClN3O3. The maximum Gasteiger partial charge on any atom is 0.273 e. The van der Waals surface area contributed by atoms with Crippen molar-refractivity contribution in [3.8, 4) is 11.6 Å². The van der Waals surface area contributed by atoms with Crippen molar-refractivity contribution in [3.63, 3.8) is 0 Å². The summed E-state index contributed by atoms with van der Waals surface area (Å²) in [6.45, 7) is 0. The van der Waals surface area contributed by atoms with Crippen LogP contribution in [0.2, 0.25) is 5.28 Å². The molecule has 1 aromatic heterocycles. The largest absolute Gasteiger partial charge is 0.436 e. The molecular weight excluding hydrogens is 405 g/mol. The van der Waals surface area contributed by atoms with Crippen molar-refractivity contribution in [1.29, 1.82) is 0 Å². The van der Waals surface area contributed by atoms with Crippen LogP contribution in [0.4, 0.5) is 5.69 Å². The lowest BCUT2D eigenvalue weighted by Gasteiger charge is -2.08. The van der Waals surface area contributed by atoms with Gasteiger partial charge in [0.1, 0.15) is 0 Å². The van der Waals surface area contributed by atoms with Crippen molar-refractivity contribution in [2.45, 2.75) is 0 Å². The zero-order chi connectivity index (χ0) is 14.0. The van der Waals surface area contributed by atoms with Gasteiger partial charge in [0.2, 0.25) is 11.2 Å². The highest BCUT2D eigenvalue weighted by molar-refractivity contribution is 9.11. The number of nitro benzene ring substituents is 1. The third kappa shape index (κ3) is 3.40. The smallest absolute Gasteiger partial charge is 0.273 e. The van der Waals surface area contributed by atoms with Gasteiger partial charge >= 0.3 is 0 Å². The summed E-state index contributed by atoms with van der Waals surface area (Å²) in [5.74, 6) is 0.422. The number of nitro groups is 1. The van der Waals surface area contributed by atoms with Crippen molar-refractivity contribution in [3.05, 3.63) is 48.7 Å². The summed E-state index contributed by atoms with van der Waals surface area (Å²) < 4.78 is 6.51. The second kappa shape index (κ2) is 5.81. The van der Waals surface area contributed by atoms with E-state index in [9.17, 15) is 10.1 Å². The van der Waals surface area contributed by atoms with E-state index >= 15 is 0 Å². The van der Waals surface area contributed by atoms with E-state index < -0.39 is 4.92 Å². The summed E-state index contributed by atoms with van der Waals surface area (Å²) in [7, 11) is 0. The van der Waals surface area contributed by atoms with Crippen LogP contribution in [-0.4, -0.2) is 14.9 Å². The minimum atomic E-state index is -0.513. The number of rotatable bonds is 3. The summed E-state index contributed by atoms with van der Waals surface area (Å²) >= 11 is 12.1. The highest BCUT2D eigenvalue weighted by Gasteiger charge is 2.13. The number of hydrogen-bond acceptors (Lipinski definition) is 5. The van der Waals surface area contributed by atoms with Gasteiger partial charge in [-0.05, 0) is 49.5 Å². The van der Waals surface area contributed by atoms with Gasteiger partial charge in [0.05, 0.1) is 19.9 Å². The lowest BCUT2D eigenvalue weighted by molar-refractivity contribution is -0.384. The maximum atomic E-state index is 10.7. The number of aromatic nitrogens is 2. The average Bonchev–Trinajstić information content (AvgIpc) is 2.36. The van der Waals surface area contributed by atoms with Crippen LogP contribution in [0.5, 0.6) is 11.6 Å². The fourth-order valence-electron chi connectivity index (χ4n) is 1.19. The molecule has 0 spiro atoms. The Kier molecular flexibility index (Phi) is 4.33. The first-order valence-corrected chi connectivity index (χ1v) is 6.73. The number of ether oxygens (including phenoxy) is 1. The fourth-order valence-corrected chi connectivity index (χ4v) is 1.92. The van der Waals surface area contributed by atoms with E-state index in [1.807, 2.05) is 0 Å². The summed E-state index contributed by atoms with van der Waals surface area (Å²) in [5, 5.41) is 10.7. The first kappa shape index (κ1) is 14.2. The van der Waals surface area contributed by atoms with Gasteiger partial charge in [0.15, 0.2) is 5.75 Å². The first-order valence-electron chi connectivity index (χ1n) is 4.77. The molecule has 1 heterocycles. The van der Waals surface area contributed by atoms with Crippen LogP contribution >= 0.6 is 43.5 Å². The normalized spacial score (nSPS) is 10.3. The van der Waals surface area contributed by atoms with Crippen molar-refractivity contribution in [2.75, 3.05) is 0 Å². The minimum Gasteiger partial charge on any atom is -0.436 e. The molecule has 0 saturated heterocycles. The van der Waals surface area contributed by atoms with Gasteiger partial charge in [-0.15, -0.1) is 0 Å². The molecule has 0 aliphatic carbocycles. The van der Waals surface area contributed by atoms with Crippen LogP contribution in [0.15, 0.2) is 33.3 Å². The van der Waals surface area contributed by atoms with E-state index in [-0.39, 0.29) is 22.6 Å². The van der Waals surface area contributed by atoms with Gasteiger partial charge in [-0.2, -0.15) is 4.98 Å². The van der Waals surface area contributed by atoms with Gasteiger partial charge in [-0.3, -0.25) is 10.1 Å². The minimum absolute atomic E-state index is 0.0137. The Morgan fingerprint density at radius 3 is 2.74 bits per heavy atom. The van der Waals surface area contributed by atoms with Crippen LogP contribution in [0.25, 0.3) is 0 Å².